The fourth-order valence-corrected chi connectivity index (χ4v) is 3.18. The number of carboxylic acids is 1. The van der Waals surface area contributed by atoms with Crippen molar-refractivity contribution in [1.29, 1.82) is 0 Å². The molecule has 1 aromatic heterocycles. The van der Waals surface area contributed by atoms with E-state index in [4.69, 9.17) is 4.74 Å². The fraction of sp³-hybridized carbons (Fsp3) is 0.421. The monoisotopic (exact) mass is 395 g/mol. The summed E-state index contributed by atoms with van der Waals surface area (Å²) in [5, 5.41) is 13.4. The van der Waals surface area contributed by atoms with Crippen LogP contribution >= 0.6 is 0 Å². The number of carbonyl (C=O) groups excluding carboxylic acids is 2. The summed E-state index contributed by atoms with van der Waals surface area (Å²) in [7, 11) is 0. The Labute approximate surface area is 200 Å². The van der Waals surface area contributed by atoms with Gasteiger partial charge in [0.2, 0.25) is 5.91 Å². The van der Waals surface area contributed by atoms with Crippen LogP contribution in [0.25, 0.3) is 0 Å². The van der Waals surface area contributed by atoms with Gasteiger partial charge in [-0.2, -0.15) is 0 Å². The van der Waals surface area contributed by atoms with Gasteiger partial charge in [-0.15, -0.1) is 0 Å². The SMILES string of the molecule is Cc1ncc2n1CC(C(=O)NCCc1ccc(OCC(=O)[O-])cc1)CC2.[K+]. The molecule has 0 spiro atoms. The Bertz CT molecular complexity index is 789. The van der Waals surface area contributed by atoms with E-state index < -0.39 is 12.6 Å². The summed E-state index contributed by atoms with van der Waals surface area (Å²) in [4.78, 5) is 27.1. The average molecular weight is 396 g/mol. The maximum Gasteiger partial charge on any atom is 1.00 e. The van der Waals surface area contributed by atoms with Crippen LogP contribution in [-0.4, -0.2) is 34.6 Å². The molecule has 2 aromatic rings. The molecule has 138 valence electrons. The third-order valence-electron chi connectivity index (χ3n) is 4.65. The molecule has 27 heavy (non-hydrogen) atoms. The molecule has 1 unspecified atom stereocenters. The van der Waals surface area contributed by atoms with Gasteiger partial charge < -0.3 is 24.5 Å². The van der Waals surface area contributed by atoms with Crippen molar-refractivity contribution in [2.45, 2.75) is 32.7 Å². The van der Waals surface area contributed by atoms with Crippen molar-refractivity contribution in [2.75, 3.05) is 13.2 Å². The second-order valence-corrected chi connectivity index (χ2v) is 6.49. The Balaban J connectivity index is 0.00000261. The maximum atomic E-state index is 12.4. The van der Waals surface area contributed by atoms with Crippen molar-refractivity contribution in [3.05, 3.63) is 47.5 Å². The molecule has 0 bridgehead atoms. The molecule has 2 heterocycles. The fourth-order valence-electron chi connectivity index (χ4n) is 3.18. The molecule has 0 aliphatic carbocycles. The summed E-state index contributed by atoms with van der Waals surface area (Å²) in [6.45, 7) is 2.75. The van der Waals surface area contributed by atoms with Crippen molar-refractivity contribution in [3.8, 4) is 5.75 Å². The van der Waals surface area contributed by atoms with Crippen molar-refractivity contribution in [2.24, 2.45) is 5.92 Å². The quantitative estimate of drug-likeness (QED) is 0.513. The zero-order valence-corrected chi connectivity index (χ0v) is 18.9. The van der Waals surface area contributed by atoms with Gasteiger partial charge in [-0.1, -0.05) is 12.1 Å². The summed E-state index contributed by atoms with van der Waals surface area (Å²) in [5.41, 5.74) is 2.25. The maximum absolute atomic E-state index is 12.4. The van der Waals surface area contributed by atoms with Crippen LogP contribution in [0.15, 0.2) is 30.5 Å². The largest absolute Gasteiger partial charge is 1.00 e. The summed E-state index contributed by atoms with van der Waals surface area (Å²) in [6, 6.07) is 7.15. The van der Waals surface area contributed by atoms with Crippen molar-refractivity contribution in [3.63, 3.8) is 0 Å². The molecule has 1 aliphatic heterocycles. The number of fused-ring (bicyclic) bond motifs is 1. The topological polar surface area (TPSA) is 96.3 Å². The van der Waals surface area contributed by atoms with Crippen molar-refractivity contribution < 1.29 is 70.8 Å². The number of nitrogens with one attached hydrogen (secondary N) is 1. The second-order valence-electron chi connectivity index (χ2n) is 6.49. The standard InChI is InChI=1S/C19H23N3O4.K/c1-13-21-10-16-5-4-15(11-22(13)16)19(25)20-9-8-14-2-6-17(7-3-14)26-12-18(23)24;/h2-3,6-7,10,15H,4-5,8-9,11-12H2,1H3,(H,20,25)(H,23,24);/q;+1/p-1. The van der Waals surface area contributed by atoms with Gasteiger partial charge in [0, 0.05) is 25.0 Å². The van der Waals surface area contributed by atoms with Crippen LogP contribution in [-0.2, 0) is 29.0 Å². The number of nitrogens with zero attached hydrogens (tertiary/aromatic N) is 2. The first kappa shape index (κ1) is 22.1. The Morgan fingerprint density at radius 1 is 1.33 bits per heavy atom. The van der Waals surface area contributed by atoms with E-state index in [1.807, 2.05) is 25.3 Å². The minimum Gasteiger partial charge on any atom is -0.546 e. The molecule has 7 nitrogen and oxygen atoms in total. The number of hydrogen-bond donors (Lipinski definition) is 1. The number of rotatable bonds is 7. The van der Waals surface area contributed by atoms with E-state index in [-0.39, 0.29) is 63.2 Å². The molecule has 1 N–H and O–H groups in total. The van der Waals surface area contributed by atoms with Crippen LogP contribution in [0.4, 0.5) is 0 Å². The van der Waals surface area contributed by atoms with E-state index in [2.05, 4.69) is 14.9 Å². The second kappa shape index (κ2) is 10.4. The molecule has 1 aliphatic rings. The summed E-state index contributed by atoms with van der Waals surface area (Å²) in [5.74, 6) is 0.250. The Morgan fingerprint density at radius 3 is 2.78 bits per heavy atom. The van der Waals surface area contributed by atoms with E-state index in [1.165, 1.54) is 5.69 Å². The third-order valence-corrected chi connectivity index (χ3v) is 4.65. The number of aliphatic carboxylic acids is 1. The number of benzene rings is 1. The average Bonchev–Trinajstić information content (AvgIpc) is 3.01. The minimum atomic E-state index is -1.25. The number of hydrogen-bond acceptors (Lipinski definition) is 5. The van der Waals surface area contributed by atoms with Crippen LogP contribution in [0.3, 0.4) is 0 Å². The number of carboxylic acid groups (broad SMARTS) is 1. The van der Waals surface area contributed by atoms with Crippen LogP contribution in [0, 0.1) is 12.8 Å². The first-order chi connectivity index (χ1) is 12.5. The molecule has 0 saturated heterocycles. The van der Waals surface area contributed by atoms with E-state index >= 15 is 0 Å². The van der Waals surface area contributed by atoms with E-state index in [0.717, 1.165) is 24.2 Å². The number of ether oxygens (including phenoxy) is 1. The van der Waals surface area contributed by atoms with Gasteiger partial charge in [0.05, 0.1) is 11.9 Å². The summed E-state index contributed by atoms with van der Waals surface area (Å²) in [6.07, 6.45) is 4.33. The molecule has 0 fully saturated rings. The van der Waals surface area contributed by atoms with Gasteiger partial charge in [-0.3, -0.25) is 4.79 Å². The molecule has 0 saturated carbocycles. The molecule has 8 heteroatoms. The number of carbonyl (C=O) groups is 2. The summed E-state index contributed by atoms with van der Waals surface area (Å²) >= 11 is 0. The number of imidazole rings is 1. The molecular weight excluding hydrogens is 373 g/mol. The summed E-state index contributed by atoms with van der Waals surface area (Å²) < 4.78 is 7.16. The van der Waals surface area contributed by atoms with Crippen molar-refractivity contribution >= 4 is 11.9 Å². The van der Waals surface area contributed by atoms with Crippen molar-refractivity contribution in [1.82, 2.24) is 14.9 Å². The normalized spacial score (nSPS) is 15.4. The number of amides is 1. The van der Waals surface area contributed by atoms with Gasteiger partial charge in [0.1, 0.15) is 18.2 Å². The van der Waals surface area contributed by atoms with Crippen LogP contribution in [0.5, 0.6) is 5.75 Å². The molecule has 0 radical (unpaired) electrons. The van der Waals surface area contributed by atoms with Crippen LogP contribution < -0.4 is 66.5 Å². The van der Waals surface area contributed by atoms with E-state index in [9.17, 15) is 14.7 Å². The Morgan fingerprint density at radius 2 is 2.07 bits per heavy atom. The van der Waals surface area contributed by atoms with Gasteiger partial charge in [0.25, 0.3) is 0 Å². The zero-order chi connectivity index (χ0) is 18.5. The first-order valence-corrected chi connectivity index (χ1v) is 8.73. The number of aryl methyl sites for hydroxylation is 2. The van der Waals surface area contributed by atoms with Gasteiger partial charge in [-0.25, -0.2) is 4.98 Å². The van der Waals surface area contributed by atoms with Crippen LogP contribution in [0.2, 0.25) is 0 Å². The predicted octanol–water partition coefficient (Wildman–Crippen LogP) is -2.75. The zero-order valence-electron chi connectivity index (χ0n) is 15.7. The molecular formula is C19H22KN3O4. The van der Waals surface area contributed by atoms with E-state index in [1.54, 1.807) is 12.1 Å². The molecule has 3 rings (SSSR count). The number of aromatic nitrogens is 2. The molecule has 1 aromatic carbocycles. The van der Waals surface area contributed by atoms with Gasteiger partial charge >= 0.3 is 51.4 Å². The van der Waals surface area contributed by atoms with Gasteiger partial charge in [0.15, 0.2) is 0 Å². The predicted molar refractivity (Wildman–Crippen MR) is 92.4 cm³/mol. The Hall–Kier alpha value is -1.19. The van der Waals surface area contributed by atoms with Gasteiger partial charge in [-0.05, 0) is 43.9 Å². The van der Waals surface area contributed by atoms with Crippen LogP contribution in [0.1, 0.15) is 23.5 Å². The minimum absolute atomic E-state index is 0. The third kappa shape index (κ3) is 6.15. The smallest absolute Gasteiger partial charge is 0.546 e. The van der Waals surface area contributed by atoms with E-state index in [0.29, 0.717) is 25.3 Å². The first-order valence-electron chi connectivity index (χ1n) is 8.73. The molecule has 1 amide bonds. The Kier molecular flexibility index (Phi) is 8.49. The molecule has 1 atom stereocenters.